The summed E-state index contributed by atoms with van der Waals surface area (Å²) in [4.78, 5) is 25.4. The van der Waals surface area contributed by atoms with Gasteiger partial charge in [-0.15, -0.1) is 9.81 Å². The molecule has 6 nitrogen and oxygen atoms in total. The summed E-state index contributed by atoms with van der Waals surface area (Å²) < 4.78 is 76.9. The number of aryl methyl sites for hydroxylation is 1. The molecular weight excluding hydrogens is 406 g/mol. The van der Waals surface area contributed by atoms with Gasteiger partial charge in [0.15, 0.2) is 5.69 Å². The second kappa shape index (κ2) is 7.10. The van der Waals surface area contributed by atoms with Crippen molar-refractivity contribution < 1.29 is 26.3 Å². The number of nitroso groups, excluding NO2 is 2. The first-order valence-electron chi connectivity index (χ1n) is 6.81. The van der Waals surface area contributed by atoms with Crippen LogP contribution in [0.4, 0.5) is 49.2 Å². The molecule has 0 radical (unpaired) electrons. The molecule has 1 aromatic carbocycles. The molecule has 0 saturated carbocycles. The largest absolute Gasteiger partial charge is 0.418 e. The Morgan fingerprint density at radius 2 is 1.67 bits per heavy atom. The zero-order valence-corrected chi connectivity index (χ0v) is 13.8. The third-order valence-corrected chi connectivity index (χ3v) is 3.75. The highest BCUT2D eigenvalue weighted by Gasteiger charge is 2.37. The predicted octanol–water partition coefficient (Wildman–Crippen LogP) is 6.62. The van der Waals surface area contributed by atoms with E-state index in [0.717, 1.165) is 0 Å². The molecule has 0 bridgehead atoms. The molecule has 0 saturated heterocycles. The van der Waals surface area contributed by atoms with Gasteiger partial charge < -0.3 is 5.32 Å². The molecule has 13 heteroatoms. The molecule has 0 amide bonds. The van der Waals surface area contributed by atoms with Gasteiger partial charge in [0.2, 0.25) is 0 Å². The number of alkyl halides is 6. The number of benzene rings is 1. The summed E-state index contributed by atoms with van der Waals surface area (Å²) >= 11 is 5.55. The molecule has 0 unspecified atom stereocenters. The van der Waals surface area contributed by atoms with Crippen molar-refractivity contribution in [1.82, 2.24) is 4.98 Å². The van der Waals surface area contributed by atoms with Crippen LogP contribution in [-0.4, -0.2) is 4.98 Å². The summed E-state index contributed by atoms with van der Waals surface area (Å²) in [5, 5.41) is 5.98. The van der Waals surface area contributed by atoms with Gasteiger partial charge in [-0.1, -0.05) is 11.6 Å². The summed E-state index contributed by atoms with van der Waals surface area (Å²) in [5.41, 5.74) is -5.14. The molecule has 1 aromatic heterocycles. The number of nitrogens with one attached hydrogen (secondary N) is 1. The van der Waals surface area contributed by atoms with E-state index in [1.54, 1.807) is 0 Å². The van der Waals surface area contributed by atoms with E-state index in [0.29, 0.717) is 12.3 Å². The Balaban J connectivity index is 2.61. The highest BCUT2D eigenvalue weighted by Crippen LogP contribution is 2.49. The van der Waals surface area contributed by atoms with Crippen molar-refractivity contribution in [3.63, 3.8) is 0 Å². The van der Waals surface area contributed by atoms with E-state index >= 15 is 0 Å². The molecule has 1 heterocycles. The minimum absolute atomic E-state index is 0.0745. The Morgan fingerprint density at radius 1 is 1.04 bits per heavy atom. The second-order valence-corrected chi connectivity index (χ2v) is 5.55. The van der Waals surface area contributed by atoms with Crippen molar-refractivity contribution in [2.24, 2.45) is 10.4 Å². The summed E-state index contributed by atoms with van der Waals surface area (Å²) in [6.45, 7) is 1.22. The predicted molar refractivity (Wildman–Crippen MR) is 84.6 cm³/mol. The van der Waals surface area contributed by atoms with Gasteiger partial charge in [0.05, 0.1) is 16.1 Å². The highest BCUT2D eigenvalue weighted by molar-refractivity contribution is 6.35. The lowest BCUT2D eigenvalue weighted by molar-refractivity contribution is -0.138. The maximum Gasteiger partial charge on any atom is 0.418 e. The molecule has 0 spiro atoms. The average molecular weight is 413 g/mol. The molecule has 144 valence electrons. The Labute approximate surface area is 151 Å². The van der Waals surface area contributed by atoms with Gasteiger partial charge in [0.25, 0.3) is 0 Å². The number of halogens is 7. The smallest absolute Gasteiger partial charge is 0.336 e. The van der Waals surface area contributed by atoms with Gasteiger partial charge in [-0.25, -0.2) is 4.98 Å². The zero-order valence-electron chi connectivity index (χ0n) is 13.0. The second-order valence-electron chi connectivity index (χ2n) is 5.17. The fourth-order valence-electron chi connectivity index (χ4n) is 2.10. The van der Waals surface area contributed by atoms with E-state index in [-0.39, 0.29) is 17.4 Å². The molecule has 2 rings (SSSR count). The van der Waals surface area contributed by atoms with Crippen molar-refractivity contribution in [3.8, 4) is 0 Å². The first kappa shape index (κ1) is 20.6. The molecule has 1 N–H and O–H groups in total. The van der Waals surface area contributed by atoms with Crippen LogP contribution in [0.15, 0.2) is 28.7 Å². The van der Waals surface area contributed by atoms with Crippen LogP contribution in [0.2, 0.25) is 5.02 Å². The van der Waals surface area contributed by atoms with E-state index in [1.165, 1.54) is 6.92 Å². The molecule has 27 heavy (non-hydrogen) atoms. The molecule has 0 aliphatic carbocycles. The SMILES string of the molecule is Cc1cc(C(F)(F)F)cnc1Nc1c(N=O)cc(C(F)(F)F)c(Cl)c1N=O. The molecular formula is C14H7ClF6N4O2. The van der Waals surface area contributed by atoms with Crippen molar-refractivity contribution in [2.45, 2.75) is 19.3 Å². The number of hydrogen-bond acceptors (Lipinski definition) is 6. The fourth-order valence-corrected chi connectivity index (χ4v) is 2.39. The van der Waals surface area contributed by atoms with Crippen LogP contribution in [0.1, 0.15) is 16.7 Å². The fraction of sp³-hybridized carbons (Fsp3) is 0.214. The molecule has 0 fully saturated rings. The van der Waals surface area contributed by atoms with Gasteiger partial charge in [0.1, 0.15) is 17.2 Å². The van der Waals surface area contributed by atoms with E-state index < -0.39 is 45.6 Å². The van der Waals surface area contributed by atoms with E-state index in [9.17, 15) is 36.2 Å². The third-order valence-electron chi connectivity index (χ3n) is 3.36. The Hall–Kier alpha value is -2.76. The third kappa shape index (κ3) is 4.15. The van der Waals surface area contributed by atoms with Crippen LogP contribution in [-0.2, 0) is 12.4 Å². The van der Waals surface area contributed by atoms with Crippen LogP contribution < -0.4 is 5.32 Å². The standard InChI is InChI=1S/C14H7ClF6N4O2/c1-5-2-6(13(16,17)18)4-22-12(5)23-10-8(24-26)3-7(14(19,20)21)9(15)11(10)25-27/h2-4H,1H3,(H,22,23). The summed E-state index contributed by atoms with van der Waals surface area (Å²) in [7, 11) is 0. The summed E-state index contributed by atoms with van der Waals surface area (Å²) in [6, 6.07) is 0.995. The quantitative estimate of drug-likeness (QED) is 0.451. The maximum atomic E-state index is 12.9. The summed E-state index contributed by atoms with van der Waals surface area (Å²) in [5.74, 6) is -0.270. The average Bonchev–Trinajstić information content (AvgIpc) is 2.55. The van der Waals surface area contributed by atoms with Crippen molar-refractivity contribution in [2.75, 3.05) is 5.32 Å². The monoisotopic (exact) mass is 412 g/mol. The normalized spacial score (nSPS) is 12.0. The highest BCUT2D eigenvalue weighted by atomic mass is 35.5. The number of rotatable bonds is 4. The Kier molecular flexibility index (Phi) is 5.40. The lowest BCUT2D eigenvalue weighted by Gasteiger charge is -2.16. The number of pyridine rings is 1. The first-order chi connectivity index (χ1) is 12.4. The van der Waals surface area contributed by atoms with Crippen molar-refractivity contribution in [1.29, 1.82) is 0 Å². The topological polar surface area (TPSA) is 83.8 Å². The molecule has 2 aromatic rings. The Morgan fingerprint density at radius 3 is 2.11 bits per heavy atom. The number of hydrogen-bond donors (Lipinski definition) is 1. The maximum absolute atomic E-state index is 12.9. The number of aromatic nitrogens is 1. The first-order valence-corrected chi connectivity index (χ1v) is 7.19. The van der Waals surface area contributed by atoms with E-state index in [2.05, 4.69) is 20.7 Å². The minimum Gasteiger partial charge on any atom is -0.336 e. The van der Waals surface area contributed by atoms with Gasteiger partial charge in [-0.05, 0) is 35.0 Å². The van der Waals surface area contributed by atoms with Crippen LogP contribution in [0.3, 0.4) is 0 Å². The molecule has 0 aliphatic rings. The van der Waals surface area contributed by atoms with Gasteiger partial charge in [-0.2, -0.15) is 26.3 Å². The van der Waals surface area contributed by atoms with Crippen LogP contribution in [0.5, 0.6) is 0 Å². The van der Waals surface area contributed by atoms with Gasteiger partial charge in [-0.3, -0.25) is 0 Å². The summed E-state index contributed by atoms with van der Waals surface area (Å²) in [6.07, 6.45) is -9.21. The van der Waals surface area contributed by atoms with Gasteiger partial charge in [0, 0.05) is 6.20 Å². The lowest BCUT2D eigenvalue weighted by Crippen LogP contribution is -2.09. The molecule has 0 aliphatic heterocycles. The van der Waals surface area contributed by atoms with Gasteiger partial charge >= 0.3 is 12.4 Å². The minimum atomic E-state index is -5.00. The number of anilines is 2. The number of nitrogens with zero attached hydrogens (tertiary/aromatic N) is 3. The van der Waals surface area contributed by atoms with Crippen molar-refractivity contribution in [3.05, 3.63) is 49.9 Å². The van der Waals surface area contributed by atoms with Crippen LogP contribution in [0.25, 0.3) is 0 Å². The lowest BCUT2D eigenvalue weighted by atomic mass is 10.1. The van der Waals surface area contributed by atoms with Crippen LogP contribution in [0, 0.1) is 16.7 Å². The van der Waals surface area contributed by atoms with Crippen LogP contribution >= 0.6 is 11.6 Å². The van der Waals surface area contributed by atoms with E-state index in [1.807, 2.05) is 0 Å². The van der Waals surface area contributed by atoms with Crippen molar-refractivity contribution >= 4 is 34.5 Å². The zero-order chi connectivity index (χ0) is 20.6. The molecule has 0 atom stereocenters. The van der Waals surface area contributed by atoms with E-state index in [4.69, 9.17) is 11.6 Å². The Bertz CT molecular complexity index is 914.